The normalized spacial score (nSPS) is 31.7. The molecule has 4 nitrogen and oxygen atoms in total. The highest BCUT2D eigenvalue weighted by atomic mass is 28.4. The van der Waals surface area contributed by atoms with Crippen molar-refractivity contribution in [2.75, 3.05) is 6.61 Å². The summed E-state index contributed by atoms with van der Waals surface area (Å²) in [5.74, 6) is -0.386. The van der Waals surface area contributed by atoms with E-state index in [4.69, 9.17) is 9.16 Å². The molecule has 1 fully saturated rings. The van der Waals surface area contributed by atoms with Gasteiger partial charge in [0.25, 0.3) is 0 Å². The van der Waals surface area contributed by atoms with E-state index in [-0.39, 0.29) is 23.2 Å². The summed E-state index contributed by atoms with van der Waals surface area (Å²) in [5, 5.41) is 10.6. The van der Waals surface area contributed by atoms with Crippen LogP contribution in [-0.4, -0.2) is 61.6 Å². The largest absolute Gasteiger partial charge is 0.458 e. The number of hydrogen-bond donors (Lipinski definition) is 1. The molecule has 0 amide bonds. The highest BCUT2D eigenvalue weighted by Crippen LogP contribution is 2.56. The number of hydrogen-bond acceptors (Lipinski definition) is 4. The van der Waals surface area contributed by atoms with Crippen LogP contribution >= 0.6 is 0 Å². The Morgan fingerprint density at radius 3 is 1.69 bits per heavy atom. The Labute approximate surface area is 165 Å². The first kappa shape index (κ1) is 24.3. The quantitative estimate of drug-likeness (QED) is 0.482. The van der Waals surface area contributed by atoms with E-state index in [2.05, 4.69) is 78.6 Å². The third kappa shape index (κ3) is 4.99. The van der Waals surface area contributed by atoms with Crippen LogP contribution in [-0.2, 0) is 14.0 Å². The van der Waals surface area contributed by atoms with Crippen molar-refractivity contribution in [2.45, 2.75) is 101 Å². The maximum Gasteiger partial charge on any atom is 0.334 e. The standard InChI is InChI=1S/C18H42O4Si4/c1-23(2,3)15-14(13-21-26(10,11)12)22-17(19)18(20,25(7,8)9)16(15)24(4,5)6/h14-16,20H,13H2,1-12H3/t14?,15?,16?,18-/m0/s1. The second kappa shape index (κ2) is 7.26. The van der Waals surface area contributed by atoms with Gasteiger partial charge in [-0.25, -0.2) is 4.79 Å². The first-order valence-electron chi connectivity index (χ1n) is 9.80. The van der Waals surface area contributed by atoms with Crippen LogP contribution in [0.1, 0.15) is 0 Å². The monoisotopic (exact) mass is 434 g/mol. The summed E-state index contributed by atoms with van der Waals surface area (Å²) < 4.78 is 12.2. The molecule has 0 spiro atoms. The van der Waals surface area contributed by atoms with Crippen molar-refractivity contribution in [2.24, 2.45) is 0 Å². The molecule has 1 saturated heterocycles. The van der Waals surface area contributed by atoms with E-state index >= 15 is 0 Å². The average Bonchev–Trinajstić information content (AvgIpc) is 2.34. The molecule has 1 aliphatic rings. The van der Waals surface area contributed by atoms with Gasteiger partial charge >= 0.3 is 5.97 Å². The smallest absolute Gasteiger partial charge is 0.334 e. The summed E-state index contributed by atoms with van der Waals surface area (Å²) in [6.45, 7) is 27.2. The summed E-state index contributed by atoms with van der Waals surface area (Å²) in [6, 6.07) is 0. The summed E-state index contributed by atoms with van der Waals surface area (Å²) in [5.41, 5.74) is 0.241. The van der Waals surface area contributed by atoms with Crippen LogP contribution in [0.25, 0.3) is 0 Å². The number of carbonyl (C=O) groups is 1. The summed E-state index contributed by atoms with van der Waals surface area (Å²) in [4.78, 5) is 13.2. The Morgan fingerprint density at radius 2 is 1.38 bits per heavy atom. The topological polar surface area (TPSA) is 55.8 Å². The SMILES string of the molecule is C[Si](C)(C)OCC1OC(=O)[C@@](O)([Si](C)(C)C)C([Si](C)(C)C)C1[Si](C)(C)C. The second-order valence-corrected chi connectivity index (χ2v) is 32.6. The van der Waals surface area contributed by atoms with Crippen molar-refractivity contribution in [1.29, 1.82) is 0 Å². The van der Waals surface area contributed by atoms with E-state index in [0.717, 1.165) is 0 Å². The molecule has 0 aliphatic carbocycles. The molecule has 1 heterocycles. The van der Waals surface area contributed by atoms with Crippen LogP contribution in [0.5, 0.6) is 0 Å². The highest BCUT2D eigenvalue weighted by molar-refractivity contribution is 6.89. The van der Waals surface area contributed by atoms with Crippen LogP contribution in [0.2, 0.25) is 89.6 Å². The first-order chi connectivity index (χ1) is 11.2. The Morgan fingerprint density at radius 1 is 0.923 bits per heavy atom. The van der Waals surface area contributed by atoms with Gasteiger partial charge in [0.05, 0.1) is 30.8 Å². The number of esters is 1. The number of aliphatic hydroxyl groups is 1. The molecular weight excluding hydrogens is 393 g/mol. The van der Waals surface area contributed by atoms with E-state index in [1.54, 1.807) is 0 Å². The molecule has 0 aromatic heterocycles. The molecule has 0 aromatic carbocycles. The van der Waals surface area contributed by atoms with E-state index in [1.807, 2.05) is 0 Å². The van der Waals surface area contributed by atoms with E-state index < -0.39 is 37.8 Å². The molecule has 0 radical (unpaired) electrons. The molecule has 0 aromatic rings. The van der Waals surface area contributed by atoms with Gasteiger partial charge in [0.2, 0.25) is 0 Å². The predicted octanol–water partition coefficient (Wildman–Crippen LogP) is 4.79. The Bertz CT molecular complexity index is 525. The fourth-order valence-corrected chi connectivity index (χ4v) is 17.8. The fourth-order valence-electron chi connectivity index (χ4n) is 4.37. The molecule has 0 saturated carbocycles. The summed E-state index contributed by atoms with van der Waals surface area (Å²) >= 11 is 0. The number of rotatable bonds is 6. The average molecular weight is 435 g/mol. The van der Waals surface area contributed by atoms with Crippen molar-refractivity contribution < 1.29 is 19.1 Å². The number of carbonyl (C=O) groups excluding carboxylic acids is 1. The van der Waals surface area contributed by atoms with Gasteiger partial charge in [-0.05, 0) is 30.7 Å². The van der Waals surface area contributed by atoms with Crippen LogP contribution in [0.15, 0.2) is 0 Å². The van der Waals surface area contributed by atoms with Crippen molar-refractivity contribution in [3.05, 3.63) is 0 Å². The molecule has 8 heteroatoms. The summed E-state index contributed by atoms with van der Waals surface area (Å²) in [6.07, 6.45) is -0.228. The minimum Gasteiger partial charge on any atom is -0.458 e. The van der Waals surface area contributed by atoms with Gasteiger partial charge in [-0.3, -0.25) is 0 Å². The minimum atomic E-state index is -2.22. The van der Waals surface area contributed by atoms with E-state index in [0.29, 0.717) is 6.61 Å². The Hall–Kier alpha value is 0.258. The molecule has 3 unspecified atom stereocenters. The third-order valence-corrected chi connectivity index (χ3v) is 15.3. The predicted molar refractivity (Wildman–Crippen MR) is 122 cm³/mol. The molecule has 1 rings (SSSR count). The molecular formula is C18H42O4Si4. The van der Waals surface area contributed by atoms with Crippen LogP contribution < -0.4 is 0 Å². The van der Waals surface area contributed by atoms with Gasteiger partial charge in [-0.1, -0.05) is 58.9 Å². The van der Waals surface area contributed by atoms with Crippen molar-refractivity contribution in [1.82, 2.24) is 0 Å². The Balaban J connectivity index is 3.53. The van der Waals surface area contributed by atoms with Crippen LogP contribution in [0.3, 0.4) is 0 Å². The van der Waals surface area contributed by atoms with Crippen molar-refractivity contribution in [3.8, 4) is 0 Å². The lowest BCUT2D eigenvalue weighted by Gasteiger charge is -2.58. The molecule has 154 valence electrons. The highest BCUT2D eigenvalue weighted by Gasteiger charge is 2.66. The van der Waals surface area contributed by atoms with Gasteiger partial charge in [-0.2, -0.15) is 0 Å². The van der Waals surface area contributed by atoms with Gasteiger partial charge < -0.3 is 14.3 Å². The minimum absolute atomic E-state index is 0.0184. The lowest BCUT2D eigenvalue weighted by atomic mass is 10.0. The maximum absolute atomic E-state index is 13.2. The van der Waals surface area contributed by atoms with E-state index in [9.17, 15) is 9.90 Å². The number of cyclic esters (lactones) is 1. The lowest BCUT2D eigenvalue weighted by Crippen LogP contribution is -2.72. The molecule has 0 bridgehead atoms. The second-order valence-electron chi connectivity index (χ2n) is 12.1. The number of ether oxygens (including phenoxy) is 1. The first-order valence-corrected chi connectivity index (χ1v) is 23.9. The lowest BCUT2D eigenvalue weighted by molar-refractivity contribution is -0.175. The van der Waals surface area contributed by atoms with Gasteiger partial charge in [0.1, 0.15) is 11.3 Å². The Kier molecular flexibility index (Phi) is 6.78. The zero-order valence-corrected chi connectivity index (χ0v) is 23.1. The van der Waals surface area contributed by atoms with Gasteiger partial charge in [0, 0.05) is 0 Å². The van der Waals surface area contributed by atoms with Gasteiger partial charge in [0.15, 0.2) is 8.32 Å². The molecule has 26 heavy (non-hydrogen) atoms. The third-order valence-electron chi connectivity index (χ3n) is 5.54. The van der Waals surface area contributed by atoms with E-state index in [1.165, 1.54) is 0 Å². The molecule has 4 atom stereocenters. The molecule has 1 N–H and O–H groups in total. The van der Waals surface area contributed by atoms with Gasteiger partial charge in [-0.15, -0.1) is 0 Å². The zero-order chi connectivity index (χ0) is 20.9. The molecule has 1 aliphatic heterocycles. The maximum atomic E-state index is 13.2. The van der Waals surface area contributed by atoms with Crippen molar-refractivity contribution in [3.63, 3.8) is 0 Å². The zero-order valence-electron chi connectivity index (χ0n) is 19.1. The van der Waals surface area contributed by atoms with Crippen LogP contribution in [0.4, 0.5) is 0 Å². The van der Waals surface area contributed by atoms with Crippen molar-refractivity contribution >= 4 is 38.5 Å². The summed E-state index contributed by atoms with van der Waals surface area (Å²) in [7, 11) is -7.52. The van der Waals surface area contributed by atoms with Crippen LogP contribution in [0, 0.1) is 0 Å². The fraction of sp³-hybridized carbons (Fsp3) is 0.944.